The Kier molecular flexibility index (Phi) is 4.76. The second-order valence-electron chi connectivity index (χ2n) is 4.81. The molecule has 0 spiro atoms. The molecular formula is C15H21NO2. The second kappa shape index (κ2) is 6.55. The van der Waals surface area contributed by atoms with Gasteiger partial charge in [-0.3, -0.25) is 9.69 Å². The van der Waals surface area contributed by atoms with Gasteiger partial charge in [-0.25, -0.2) is 0 Å². The van der Waals surface area contributed by atoms with Crippen molar-refractivity contribution in [2.24, 2.45) is 0 Å². The third kappa shape index (κ3) is 3.33. The van der Waals surface area contributed by atoms with Crippen LogP contribution in [-0.2, 0) is 16.0 Å². The van der Waals surface area contributed by atoms with Crippen LogP contribution in [0.2, 0.25) is 0 Å². The predicted octanol–water partition coefficient (Wildman–Crippen LogP) is 2.26. The number of benzene rings is 1. The Labute approximate surface area is 109 Å². The molecule has 0 amide bonds. The summed E-state index contributed by atoms with van der Waals surface area (Å²) < 4.78 is 4.89. The molecule has 18 heavy (non-hydrogen) atoms. The SMILES string of the molecule is COC(=O)[C@@H]1CCCCN1CCc1ccccc1. The van der Waals surface area contributed by atoms with E-state index in [4.69, 9.17) is 4.74 Å². The van der Waals surface area contributed by atoms with E-state index >= 15 is 0 Å². The van der Waals surface area contributed by atoms with Gasteiger partial charge in [0, 0.05) is 6.54 Å². The highest BCUT2D eigenvalue weighted by atomic mass is 16.5. The number of carbonyl (C=O) groups is 1. The van der Waals surface area contributed by atoms with Crippen molar-refractivity contribution in [3.63, 3.8) is 0 Å². The summed E-state index contributed by atoms with van der Waals surface area (Å²) in [5.74, 6) is -0.0808. The van der Waals surface area contributed by atoms with E-state index in [0.29, 0.717) is 0 Å². The minimum atomic E-state index is -0.0808. The molecule has 98 valence electrons. The Morgan fingerprint density at radius 2 is 2.11 bits per heavy atom. The lowest BCUT2D eigenvalue weighted by molar-refractivity contribution is -0.148. The van der Waals surface area contributed by atoms with Crippen molar-refractivity contribution in [3.8, 4) is 0 Å². The number of likely N-dealkylation sites (tertiary alicyclic amines) is 1. The van der Waals surface area contributed by atoms with Crippen LogP contribution < -0.4 is 0 Å². The minimum Gasteiger partial charge on any atom is -0.468 e. The molecule has 1 atom stereocenters. The van der Waals surface area contributed by atoms with Gasteiger partial charge in [0.2, 0.25) is 0 Å². The molecule has 0 saturated carbocycles. The summed E-state index contributed by atoms with van der Waals surface area (Å²) in [4.78, 5) is 14.0. The van der Waals surface area contributed by atoms with Crippen molar-refractivity contribution in [1.82, 2.24) is 4.90 Å². The van der Waals surface area contributed by atoms with Gasteiger partial charge in [-0.2, -0.15) is 0 Å². The molecule has 1 fully saturated rings. The van der Waals surface area contributed by atoms with E-state index in [1.165, 1.54) is 19.1 Å². The summed E-state index contributed by atoms with van der Waals surface area (Å²) in [5.41, 5.74) is 1.33. The molecule has 1 aromatic rings. The Morgan fingerprint density at radius 3 is 2.83 bits per heavy atom. The summed E-state index contributed by atoms with van der Waals surface area (Å²) in [7, 11) is 1.48. The first kappa shape index (κ1) is 13.1. The number of esters is 1. The van der Waals surface area contributed by atoms with Crippen LogP contribution in [0.5, 0.6) is 0 Å². The van der Waals surface area contributed by atoms with E-state index in [0.717, 1.165) is 32.4 Å². The zero-order valence-corrected chi connectivity index (χ0v) is 11.0. The number of ether oxygens (including phenoxy) is 1. The first-order valence-electron chi connectivity index (χ1n) is 6.67. The van der Waals surface area contributed by atoms with E-state index in [9.17, 15) is 4.79 Å². The summed E-state index contributed by atoms with van der Waals surface area (Å²) in [6, 6.07) is 10.4. The lowest BCUT2D eigenvalue weighted by atomic mass is 10.0. The molecule has 0 bridgehead atoms. The van der Waals surface area contributed by atoms with Gasteiger partial charge in [0.25, 0.3) is 0 Å². The molecule has 1 saturated heterocycles. The number of carbonyl (C=O) groups excluding carboxylic acids is 1. The van der Waals surface area contributed by atoms with Crippen LogP contribution >= 0.6 is 0 Å². The first-order valence-corrected chi connectivity index (χ1v) is 6.67. The molecule has 1 aliphatic heterocycles. The molecular weight excluding hydrogens is 226 g/mol. The second-order valence-corrected chi connectivity index (χ2v) is 4.81. The highest BCUT2D eigenvalue weighted by Crippen LogP contribution is 2.18. The molecule has 1 aromatic carbocycles. The van der Waals surface area contributed by atoms with Crippen molar-refractivity contribution < 1.29 is 9.53 Å². The Bertz CT molecular complexity index is 377. The minimum absolute atomic E-state index is 0.0348. The van der Waals surface area contributed by atoms with Crippen molar-refractivity contribution in [2.75, 3.05) is 20.2 Å². The molecule has 1 aliphatic rings. The van der Waals surface area contributed by atoms with E-state index in [1.807, 2.05) is 6.07 Å². The summed E-state index contributed by atoms with van der Waals surface area (Å²) >= 11 is 0. The van der Waals surface area contributed by atoms with Crippen molar-refractivity contribution in [2.45, 2.75) is 31.7 Å². The van der Waals surface area contributed by atoms with E-state index in [2.05, 4.69) is 29.2 Å². The van der Waals surface area contributed by atoms with E-state index in [-0.39, 0.29) is 12.0 Å². The monoisotopic (exact) mass is 247 g/mol. The average molecular weight is 247 g/mol. The van der Waals surface area contributed by atoms with Gasteiger partial charge in [0.1, 0.15) is 6.04 Å². The molecule has 0 N–H and O–H groups in total. The number of rotatable bonds is 4. The van der Waals surface area contributed by atoms with Crippen LogP contribution in [0.15, 0.2) is 30.3 Å². The summed E-state index contributed by atoms with van der Waals surface area (Å²) in [6.07, 6.45) is 4.24. The normalized spacial score (nSPS) is 20.6. The number of hydrogen-bond acceptors (Lipinski definition) is 3. The van der Waals surface area contributed by atoms with Crippen LogP contribution in [-0.4, -0.2) is 37.1 Å². The Balaban J connectivity index is 1.91. The molecule has 3 heteroatoms. The van der Waals surface area contributed by atoms with Crippen molar-refractivity contribution in [3.05, 3.63) is 35.9 Å². The third-order valence-electron chi connectivity index (χ3n) is 3.62. The highest BCUT2D eigenvalue weighted by molar-refractivity contribution is 5.75. The standard InChI is InChI=1S/C15H21NO2/c1-18-15(17)14-9-5-6-11-16(14)12-10-13-7-3-2-4-8-13/h2-4,7-8,14H,5-6,9-12H2,1H3/t14-/m0/s1. The van der Waals surface area contributed by atoms with Gasteiger partial charge >= 0.3 is 5.97 Å². The Morgan fingerprint density at radius 1 is 1.33 bits per heavy atom. The van der Waals surface area contributed by atoms with Crippen LogP contribution in [0.4, 0.5) is 0 Å². The average Bonchev–Trinajstić information content (AvgIpc) is 2.45. The lowest BCUT2D eigenvalue weighted by Gasteiger charge is -2.33. The predicted molar refractivity (Wildman–Crippen MR) is 71.4 cm³/mol. The van der Waals surface area contributed by atoms with Crippen LogP contribution in [0.25, 0.3) is 0 Å². The van der Waals surface area contributed by atoms with Gasteiger partial charge < -0.3 is 4.74 Å². The number of hydrogen-bond donors (Lipinski definition) is 0. The fraction of sp³-hybridized carbons (Fsp3) is 0.533. The van der Waals surface area contributed by atoms with E-state index < -0.39 is 0 Å². The highest BCUT2D eigenvalue weighted by Gasteiger charge is 2.28. The van der Waals surface area contributed by atoms with E-state index in [1.54, 1.807) is 0 Å². The summed E-state index contributed by atoms with van der Waals surface area (Å²) in [5, 5.41) is 0. The third-order valence-corrected chi connectivity index (χ3v) is 3.62. The molecule has 3 nitrogen and oxygen atoms in total. The maximum atomic E-state index is 11.7. The van der Waals surface area contributed by atoms with Gasteiger partial charge in [-0.15, -0.1) is 0 Å². The fourth-order valence-corrected chi connectivity index (χ4v) is 2.58. The molecule has 0 aromatic heterocycles. The van der Waals surface area contributed by atoms with Gasteiger partial charge in [-0.1, -0.05) is 36.8 Å². The lowest BCUT2D eigenvalue weighted by Crippen LogP contribution is -2.46. The zero-order chi connectivity index (χ0) is 12.8. The quantitative estimate of drug-likeness (QED) is 0.764. The largest absolute Gasteiger partial charge is 0.468 e. The summed E-state index contributed by atoms with van der Waals surface area (Å²) in [6.45, 7) is 1.94. The van der Waals surface area contributed by atoms with Gasteiger partial charge in [0.05, 0.1) is 7.11 Å². The van der Waals surface area contributed by atoms with Gasteiger partial charge in [0.15, 0.2) is 0 Å². The topological polar surface area (TPSA) is 29.5 Å². The van der Waals surface area contributed by atoms with Crippen molar-refractivity contribution in [1.29, 1.82) is 0 Å². The number of piperidine rings is 1. The van der Waals surface area contributed by atoms with Crippen LogP contribution in [0.3, 0.4) is 0 Å². The zero-order valence-electron chi connectivity index (χ0n) is 11.0. The number of nitrogens with zero attached hydrogens (tertiary/aromatic N) is 1. The van der Waals surface area contributed by atoms with Crippen LogP contribution in [0, 0.1) is 0 Å². The molecule has 0 aliphatic carbocycles. The smallest absolute Gasteiger partial charge is 0.323 e. The molecule has 1 heterocycles. The number of methoxy groups -OCH3 is 1. The Hall–Kier alpha value is -1.35. The molecule has 2 rings (SSSR count). The molecule has 0 radical (unpaired) electrons. The van der Waals surface area contributed by atoms with Crippen molar-refractivity contribution >= 4 is 5.97 Å². The first-order chi connectivity index (χ1) is 8.81. The molecule has 0 unspecified atom stereocenters. The maximum Gasteiger partial charge on any atom is 0.323 e. The van der Waals surface area contributed by atoms with Crippen LogP contribution in [0.1, 0.15) is 24.8 Å². The van der Waals surface area contributed by atoms with Gasteiger partial charge in [-0.05, 0) is 31.4 Å². The maximum absolute atomic E-state index is 11.7. The fourth-order valence-electron chi connectivity index (χ4n) is 2.58.